The number of amides is 1. The van der Waals surface area contributed by atoms with Crippen molar-refractivity contribution >= 4 is 27.5 Å². The fourth-order valence-electron chi connectivity index (χ4n) is 2.03. The summed E-state index contributed by atoms with van der Waals surface area (Å²) < 4.78 is 28.7. The van der Waals surface area contributed by atoms with Crippen LogP contribution in [0.25, 0.3) is 0 Å². The highest BCUT2D eigenvalue weighted by molar-refractivity contribution is 9.10. The molecule has 22 heavy (non-hydrogen) atoms. The molecule has 0 saturated heterocycles. The molecule has 1 heterocycles. The number of nitrogens with one attached hydrogen (secondary N) is 1. The van der Waals surface area contributed by atoms with Crippen molar-refractivity contribution in [2.45, 2.75) is 27.3 Å². The summed E-state index contributed by atoms with van der Waals surface area (Å²) >= 11 is 3.43. The van der Waals surface area contributed by atoms with Crippen LogP contribution in [0.5, 0.6) is 0 Å². The highest BCUT2D eigenvalue weighted by Gasteiger charge is 2.17. The van der Waals surface area contributed by atoms with Crippen LogP contribution in [0.3, 0.4) is 0 Å². The first-order valence-electron chi connectivity index (χ1n) is 6.75. The molecule has 2 aromatic rings. The molecule has 1 amide bonds. The van der Waals surface area contributed by atoms with Crippen molar-refractivity contribution < 1.29 is 13.6 Å². The second-order valence-electron chi connectivity index (χ2n) is 5.19. The van der Waals surface area contributed by atoms with Crippen LogP contribution < -0.4 is 5.32 Å². The van der Waals surface area contributed by atoms with E-state index in [2.05, 4.69) is 26.3 Å². The first-order chi connectivity index (χ1) is 10.3. The molecule has 4 nitrogen and oxygen atoms in total. The third-order valence-electron chi connectivity index (χ3n) is 3.37. The zero-order valence-electron chi connectivity index (χ0n) is 12.5. The molecule has 0 spiro atoms. The van der Waals surface area contributed by atoms with E-state index in [9.17, 15) is 13.6 Å². The number of rotatable bonds is 4. The van der Waals surface area contributed by atoms with Gasteiger partial charge in [-0.15, -0.1) is 0 Å². The summed E-state index contributed by atoms with van der Waals surface area (Å²) in [6, 6.07) is 3.26. The maximum absolute atomic E-state index is 13.1. The van der Waals surface area contributed by atoms with Crippen LogP contribution in [0.1, 0.15) is 18.3 Å². The number of anilines is 1. The zero-order chi connectivity index (χ0) is 16.4. The van der Waals surface area contributed by atoms with Crippen molar-refractivity contribution in [3.05, 3.63) is 45.7 Å². The molecule has 1 atom stereocenters. The van der Waals surface area contributed by atoms with E-state index in [1.807, 2.05) is 13.8 Å². The molecule has 118 valence electrons. The number of hydrogen-bond donors (Lipinski definition) is 1. The molecule has 0 aliphatic rings. The number of halogens is 3. The van der Waals surface area contributed by atoms with Gasteiger partial charge < -0.3 is 5.32 Å². The van der Waals surface area contributed by atoms with E-state index in [4.69, 9.17) is 0 Å². The van der Waals surface area contributed by atoms with Gasteiger partial charge in [0.25, 0.3) is 0 Å². The van der Waals surface area contributed by atoms with Crippen LogP contribution in [0.2, 0.25) is 0 Å². The summed E-state index contributed by atoms with van der Waals surface area (Å²) in [5.74, 6) is -2.60. The Kier molecular flexibility index (Phi) is 4.95. The third-order valence-corrected chi connectivity index (χ3v) is 4.52. The van der Waals surface area contributed by atoms with Gasteiger partial charge in [-0.2, -0.15) is 5.10 Å². The second kappa shape index (κ2) is 6.56. The minimum Gasteiger partial charge on any atom is -0.326 e. The molecule has 0 unspecified atom stereocenters. The molecule has 0 saturated carbocycles. The lowest BCUT2D eigenvalue weighted by Crippen LogP contribution is -2.25. The fraction of sp³-hybridized carbons (Fsp3) is 0.333. The molecule has 1 aromatic heterocycles. The average molecular weight is 372 g/mol. The largest absolute Gasteiger partial charge is 0.326 e. The van der Waals surface area contributed by atoms with Gasteiger partial charge in [0.2, 0.25) is 5.91 Å². The molecule has 1 aromatic carbocycles. The number of benzene rings is 1. The van der Waals surface area contributed by atoms with Gasteiger partial charge in [-0.05, 0) is 41.9 Å². The van der Waals surface area contributed by atoms with Gasteiger partial charge in [0.15, 0.2) is 11.6 Å². The van der Waals surface area contributed by atoms with Crippen molar-refractivity contribution in [1.82, 2.24) is 9.78 Å². The maximum Gasteiger partial charge on any atom is 0.229 e. The Hall–Kier alpha value is -1.76. The van der Waals surface area contributed by atoms with Crippen LogP contribution in [-0.2, 0) is 11.3 Å². The highest BCUT2D eigenvalue weighted by atomic mass is 79.9. The zero-order valence-corrected chi connectivity index (χ0v) is 14.0. The molecule has 0 bridgehead atoms. The van der Waals surface area contributed by atoms with E-state index in [1.54, 1.807) is 11.6 Å². The third kappa shape index (κ3) is 3.52. The number of aryl methyl sites for hydroxylation is 1. The van der Waals surface area contributed by atoms with Crippen molar-refractivity contribution in [1.29, 1.82) is 0 Å². The summed E-state index contributed by atoms with van der Waals surface area (Å²) in [7, 11) is 0. The SMILES string of the molecule is Cc1nn(C[C@@H](C)C(=O)Nc2ccc(F)c(F)c2)c(C)c1Br. The number of hydrogen-bond acceptors (Lipinski definition) is 2. The van der Waals surface area contributed by atoms with Gasteiger partial charge in [0.05, 0.1) is 22.6 Å². The minimum atomic E-state index is -0.993. The summed E-state index contributed by atoms with van der Waals surface area (Å²) in [5, 5.41) is 6.92. The van der Waals surface area contributed by atoms with Crippen molar-refractivity contribution in [2.24, 2.45) is 5.92 Å². The second-order valence-corrected chi connectivity index (χ2v) is 5.98. The normalized spacial score (nSPS) is 12.3. The summed E-state index contributed by atoms with van der Waals surface area (Å²) in [6.45, 7) is 5.93. The Bertz CT molecular complexity index is 715. The minimum absolute atomic E-state index is 0.227. The summed E-state index contributed by atoms with van der Waals surface area (Å²) in [6.07, 6.45) is 0. The topological polar surface area (TPSA) is 46.9 Å². The van der Waals surface area contributed by atoms with Crippen molar-refractivity contribution in [3.63, 3.8) is 0 Å². The Balaban J connectivity index is 2.05. The lowest BCUT2D eigenvalue weighted by Gasteiger charge is -2.13. The smallest absolute Gasteiger partial charge is 0.229 e. The summed E-state index contributed by atoms with van der Waals surface area (Å²) in [4.78, 5) is 12.1. The first kappa shape index (κ1) is 16.6. The van der Waals surface area contributed by atoms with Gasteiger partial charge in [-0.25, -0.2) is 8.78 Å². The Morgan fingerprint density at radius 2 is 2.05 bits per heavy atom. The lowest BCUT2D eigenvalue weighted by molar-refractivity contribution is -0.119. The molecule has 2 rings (SSSR count). The molecule has 1 N–H and O–H groups in total. The predicted octanol–water partition coefficient (Wildman–Crippen LogP) is 3.82. The fourth-order valence-corrected chi connectivity index (χ4v) is 2.32. The van der Waals surface area contributed by atoms with Crippen molar-refractivity contribution in [2.75, 3.05) is 5.32 Å². The van der Waals surface area contributed by atoms with Gasteiger partial charge in [0.1, 0.15) is 0 Å². The van der Waals surface area contributed by atoms with Crippen molar-refractivity contribution in [3.8, 4) is 0 Å². The number of aromatic nitrogens is 2. The van der Waals surface area contributed by atoms with Gasteiger partial charge in [0, 0.05) is 17.4 Å². The molecular formula is C15H16BrF2N3O. The molecule has 0 fully saturated rings. The average Bonchev–Trinajstić information content (AvgIpc) is 2.70. The maximum atomic E-state index is 13.1. The highest BCUT2D eigenvalue weighted by Crippen LogP contribution is 2.21. The quantitative estimate of drug-likeness (QED) is 0.887. The molecule has 0 aliphatic heterocycles. The number of nitrogens with zero attached hydrogens (tertiary/aromatic N) is 2. The van der Waals surface area contributed by atoms with E-state index in [-0.39, 0.29) is 17.5 Å². The molecule has 0 aliphatic carbocycles. The van der Waals surface area contributed by atoms with E-state index in [1.165, 1.54) is 6.07 Å². The predicted molar refractivity (Wildman–Crippen MR) is 83.6 cm³/mol. The van der Waals surface area contributed by atoms with E-state index in [0.717, 1.165) is 28.0 Å². The standard InChI is InChI=1S/C15H16BrF2N3O/c1-8(7-21-10(3)14(16)9(2)20-21)15(22)19-11-4-5-12(17)13(18)6-11/h4-6,8H,7H2,1-3H3,(H,19,22)/t8-/m1/s1. The van der Waals surface area contributed by atoms with Crippen LogP contribution in [0.15, 0.2) is 22.7 Å². The van der Waals surface area contributed by atoms with Crippen LogP contribution in [0.4, 0.5) is 14.5 Å². The van der Waals surface area contributed by atoms with Crippen LogP contribution in [0, 0.1) is 31.4 Å². The van der Waals surface area contributed by atoms with Gasteiger partial charge in [-0.3, -0.25) is 9.48 Å². The van der Waals surface area contributed by atoms with E-state index >= 15 is 0 Å². The Morgan fingerprint density at radius 1 is 1.36 bits per heavy atom. The van der Waals surface area contributed by atoms with Crippen LogP contribution in [-0.4, -0.2) is 15.7 Å². The van der Waals surface area contributed by atoms with Gasteiger partial charge >= 0.3 is 0 Å². The van der Waals surface area contributed by atoms with E-state index < -0.39 is 11.6 Å². The Morgan fingerprint density at radius 3 is 2.59 bits per heavy atom. The number of carbonyl (C=O) groups excluding carboxylic acids is 1. The number of carbonyl (C=O) groups is 1. The molecule has 7 heteroatoms. The summed E-state index contributed by atoms with van der Waals surface area (Å²) in [5.41, 5.74) is 2.01. The van der Waals surface area contributed by atoms with E-state index in [0.29, 0.717) is 6.54 Å². The van der Waals surface area contributed by atoms with Gasteiger partial charge in [-0.1, -0.05) is 6.92 Å². The lowest BCUT2D eigenvalue weighted by atomic mass is 10.1. The first-order valence-corrected chi connectivity index (χ1v) is 7.54. The molecular weight excluding hydrogens is 356 g/mol. The van der Waals surface area contributed by atoms with Crippen LogP contribution >= 0.6 is 15.9 Å². The monoisotopic (exact) mass is 371 g/mol. The Labute approximate surface area is 135 Å². The molecule has 0 radical (unpaired) electrons.